The second-order valence-corrected chi connectivity index (χ2v) is 7.91. The molecule has 1 aromatic rings. The Bertz CT molecular complexity index is 363. The van der Waals surface area contributed by atoms with Crippen LogP contribution in [0.4, 0.5) is 5.13 Å². The summed E-state index contributed by atoms with van der Waals surface area (Å²) in [5.41, 5.74) is 0.401. The van der Waals surface area contributed by atoms with E-state index >= 15 is 0 Å². The van der Waals surface area contributed by atoms with Gasteiger partial charge in [-0.3, -0.25) is 0 Å². The fourth-order valence-corrected chi connectivity index (χ4v) is 5.24. The van der Waals surface area contributed by atoms with Crippen molar-refractivity contribution < 1.29 is 0 Å². The van der Waals surface area contributed by atoms with E-state index in [9.17, 15) is 0 Å². The van der Waals surface area contributed by atoms with Crippen LogP contribution in [0.2, 0.25) is 0 Å². The molecule has 0 aromatic carbocycles. The molecule has 0 saturated heterocycles. The lowest BCUT2D eigenvalue weighted by atomic mass is 9.83. The molecule has 19 heavy (non-hydrogen) atoms. The van der Waals surface area contributed by atoms with Crippen LogP contribution >= 0.6 is 39.0 Å². The van der Waals surface area contributed by atoms with Gasteiger partial charge in [0.15, 0.2) is 4.34 Å². The first-order valence-electron chi connectivity index (χ1n) is 6.76. The Balaban J connectivity index is 2.63. The van der Waals surface area contributed by atoms with E-state index in [0.29, 0.717) is 5.41 Å². The molecule has 0 aliphatic carbocycles. The maximum absolute atomic E-state index is 4.27. The molecular weight excluding hydrogens is 342 g/mol. The summed E-state index contributed by atoms with van der Waals surface area (Å²) in [5.74, 6) is 1.13. The molecule has 1 heterocycles. The maximum Gasteiger partial charge on any atom is 0.208 e. The van der Waals surface area contributed by atoms with E-state index in [1.807, 2.05) is 30.8 Å². The van der Waals surface area contributed by atoms with Gasteiger partial charge in [-0.05, 0) is 18.3 Å². The Labute approximate surface area is 133 Å². The zero-order valence-corrected chi connectivity index (χ0v) is 15.5. The summed E-state index contributed by atoms with van der Waals surface area (Å²) in [6.07, 6.45) is 5.04. The summed E-state index contributed by atoms with van der Waals surface area (Å²) in [6.45, 7) is 4.54. The number of aromatic nitrogens is 2. The quantitative estimate of drug-likeness (QED) is 0.469. The van der Waals surface area contributed by atoms with Crippen LogP contribution in [0, 0.1) is 5.41 Å². The zero-order valence-electron chi connectivity index (χ0n) is 12.3. The van der Waals surface area contributed by atoms with Crippen molar-refractivity contribution in [2.75, 3.05) is 30.1 Å². The molecule has 0 spiro atoms. The number of halogens is 1. The van der Waals surface area contributed by atoms with Crippen LogP contribution in [0.25, 0.3) is 0 Å². The molecule has 0 atom stereocenters. The normalized spacial score (nSPS) is 11.8. The minimum atomic E-state index is 0.401. The molecule has 0 aliphatic heterocycles. The predicted octanol–water partition coefficient (Wildman–Crippen LogP) is 4.68. The van der Waals surface area contributed by atoms with E-state index in [1.54, 1.807) is 11.3 Å². The Hall–Kier alpha value is 0.190. The van der Waals surface area contributed by atoms with Crippen LogP contribution in [0.1, 0.15) is 39.5 Å². The fourth-order valence-electron chi connectivity index (χ4n) is 2.16. The third-order valence-corrected chi connectivity index (χ3v) is 6.89. The van der Waals surface area contributed by atoms with Crippen LogP contribution in [-0.2, 0) is 0 Å². The van der Waals surface area contributed by atoms with Gasteiger partial charge in [0, 0.05) is 25.2 Å². The highest BCUT2D eigenvalue weighted by molar-refractivity contribution is 9.09. The summed E-state index contributed by atoms with van der Waals surface area (Å²) in [7, 11) is 4.01. The van der Waals surface area contributed by atoms with E-state index < -0.39 is 0 Å². The van der Waals surface area contributed by atoms with Crippen LogP contribution in [0.5, 0.6) is 0 Å². The van der Waals surface area contributed by atoms with Crippen LogP contribution in [0.3, 0.4) is 0 Å². The lowest BCUT2D eigenvalue weighted by Crippen LogP contribution is -2.25. The van der Waals surface area contributed by atoms with Gasteiger partial charge in [-0.15, -0.1) is 10.2 Å². The van der Waals surface area contributed by atoms with Gasteiger partial charge in [0.1, 0.15) is 0 Å². The van der Waals surface area contributed by atoms with Gasteiger partial charge in [-0.2, -0.15) is 0 Å². The highest BCUT2D eigenvalue weighted by atomic mass is 79.9. The van der Waals surface area contributed by atoms with Crippen molar-refractivity contribution in [3.63, 3.8) is 0 Å². The summed E-state index contributed by atoms with van der Waals surface area (Å²) >= 11 is 7.26. The van der Waals surface area contributed by atoms with Gasteiger partial charge in [-0.25, -0.2) is 0 Å². The number of nitrogens with zero attached hydrogens (tertiary/aromatic N) is 3. The van der Waals surface area contributed by atoms with Crippen molar-refractivity contribution in [3.8, 4) is 0 Å². The minimum absolute atomic E-state index is 0.401. The van der Waals surface area contributed by atoms with Gasteiger partial charge in [-0.1, -0.05) is 65.7 Å². The van der Waals surface area contributed by atoms with Gasteiger partial charge in [0.05, 0.1) is 0 Å². The summed E-state index contributed by atoms with van der Waals surface area (Å²) in [4.78, 5) is 2.01. The second kappa shape index (κ2) is 8.47. The summed E-state index contributed by atoms with van der Waals surface area (Å²) < 4.78 is 1.08. The summed E-state index contributed by atoms with van der Waals surface area (Å²) in [6, 6.07) is 0. The Kier molecular flexibility index (Phi) is 7.69. The van der Waals surface area contributed by atoms with Crippen molar-refractivity contribution in [1.82, 2.24) is 10.2 Å². The van der Waals surface area contributed by atoms with E-state index in [0.717, 1.165) is 20.6 Å². The smallest absolute Gasteiger partial charge is 0.208 e. The Morgan fingerprint density at radius 2 is 1.84 bits per heavy atom. The third-order valence-electron chi connectivity index (χ3n) is 3.12. The molecule has 0 bridgehead atoms. The highest BCUT2D eigenvalue weighted by Gasteiger charge is 2.27. The van der Waals surface area contributed by atoms with E-state index in [1.165, 1.54) is 25.7 Å². The molecule has 0 saturated carbocycles. The van der Waals surface area contributed by atoms with Gasteiger partial charge < -0.3 is 4.90 Å². The average Bonchev–Trinajstić information content (AvgIpc) is 2.85. The Morgan fingerprint density at radius 3 is 2.26 bits per heavy atom. The first kappa shape index (κ1) is 17.2. The van der Waals surface area contributed by atoms with Gasteiger partial charge in [0.25, 0.3) is 0 Å². The lowest BCUT2D eigenvalue weighted by Gasteiger charge is -2.30. The summed E-state index contributed by atoms with van der Waals surface area (Å²) in [5, 5.41) is 10.5. The molecule has 1 rings (SSSR count). The zero-order chi connectivity index (χ0) is 14.3. The molecule has 0 fully saturated rings. The number of thioether (sulfide) groups is 1. The average molecular weight is 366 g/mol. The fraction of sp³-hybridized carbons (Fsp3) is 0.846. The number of alkyl halides is 1. The predicted molar refractivity (Wildman–Crippen MR) is 91.0 cm³/mol. The van der Waals surface area contributed by atoms with Crippen molar-refractivity contribution in [2.45, 2.75) is 43.9 Å². The molecule has 0 N–H and O–H groups in total. The molecule has 6 heteroatoms. The van der Waals surface area contributed by atoms with Crippen molar-refractivity contribution >= 4 is 44.2 Å². The standard InChI is InChI=1S/C13H24BrN3S2/c1-5-7-13(9-14,8-6-2)10-18-12-16-15-11(19-12)17(3)4/h5-10H2,1-4H3. The molecule has 110 valence electrons. The van der Waals surface area contributed by atoms with Crippen molar-refractivity contribution in [2.24, 2.45) is 5.41 Å². The molecule has 0 amide bonds. The van der Waals surface area contributed by atoms with Crippen LogP contribution < -0.4 is 4.90 Å². The molecule has 3 nitrogen and oxygen atoms in total. The molecule has 0 radical (unpaired) electrons. The second-order valence-electron chi connectivity index (χ2n) is 5.17. The van der Waals surface area contributed by atoms with Crippen molar-refractivity contribution in [1.29, 1.82) is 0 Å². The largest absolute Gasteiger partial charge is 0.353 e. The van der Waals surface area contributed by atoms with Crippen LogP contribution in [-0.4, -0.2) is 35.4 Å². The molecular formula is C13H24BrN3S2. The topological polar surface area (TPSA) is 29.0 Å². The number of hydrogen-bond acceptors (Lipinski definition) is 5. The monoisotopic (exact) mass is 365 g/mol. The van der Waals surface area contributed by atoms with E-state index in [2.05, 4.69) is 40.0 Å². The number of hydrogen-bond donors (Lipinski definition) is 0. The van der Waals surface area contributed by atoms with Gasteiger partial charge in [0.2, 0.25) is 5.13 Å². The maximum atomic E-state index is 4.27. The lowest BCUT2D eigenvalue weighted by molar-refractivity contribution is 0.320. The van der Waals surface area contributed by atoms with E-state index in [4.69, 9.17) is 0 Å². The van der Waals surface area contributed by atoms with E-state index in [-0.39, 0.29) is 0 Å². The number of rotatable bonds is 9. The SMILES string of the molecule is CCCC(CBr)(CCC)CSc1nnc(N(C)C)s1. The molecule has 0 aliphatic rings. The highest BCUT2D eigenvalue weighted by Crippen LogP contribution is 2.39. The van der Waals surface area contributed by atoms with Gasteiger partial charge >= 0.3 is 0 Å². The minimum Gasteiger partial charge on any atom is -0.353 e. The molecule has 1 aromatic heterocycles. The Morgan fingerprint density at radius 1 is 1.21 bits per heavy atom. The first-order chi connectivity index (χ1) is 9.06. The third kappa shape index (κ3) is 5.23. The van der Waals surface area contributed by atoms with Crippen molar-refractivity contribution in [3.05, 3.63) is 0 Å². The van der Waals surface area contributed by atoms with Crippen LogP contribution in [0.15, 0.2) is 4.34 Å². The first-order valence-corrected chi connectivity index (χ1v) is 9.69. The number of anilines is 1. The molecule has 0 unspecified atom stereocenters.